The normalized spacial score (nSPS) is 11.8. The Kier molecular flexibility index (Phi) is 21.2. The van der Waals surface area contributed by atoms with Crippen LogP contribution >= 0.6 is 0 Å². The van der Waals surface area contributed by atoms with Gasteiger partial charge in [0.05, 0.1) is 0 Å². The summed E-state index contributed by atoms with van der Waals surface area (Å²) in [7, 11) is 1.73. The maximum atomic E-state index is 11.8. The molecule has 0 saturated heterocycles. The lowest BCUT2D eigenvalue weighted by Gasteiger charge is -2.33. The molecule has 0 amide bonds. The third kappa shape index (κ3) is 18.7. The summed E-state index contributed by atoms with van der Waals surface area (Å²) in [5, 5.41) is 13.0. The molecule has 0 fully saturated rings. The summed E-state index contributed by atoms with van der Waals surface area (Å²) in [5.41, 5.74) is 0. The monoisotopic (exact) mass is 368 g/mol. The van der Waals surface area contributed by atoms with Crippen LogP contribution in [0.4, 0.5) is 0 Å². The van der Waals surface area contributed by atoms with E-state index < -0.39 is 0 Å². The van der Waals surface area contributed by atoms with E-state index in [9.17, 15) is 5.21 Å². The van der Waals surface area contributed by atoms with Crippen molar-refractivity contribution < 1.29 is 0 Å². The lowest BCUT2D eigenvalue weighted by molar-refractivity contribution is 0.280. The van der Waals surface area contributed by atoms with Gasteiger partial charge in [-0.15, -0.1) is 0 Å². The van der Waals surface area contributed by atoms with Gasteiger partial charge in [0.15, 0.2) is 0 Å². The van der Waals surface area contributed by atoms with E-state index in [4.69, 9.17) is 0 Å². The van der Waals surface area contributed by atoms with Crippen LogP contribution in [-0.2, 0) is 0 Å². The molecule has 0 aliphatic carbocycles. The molecule has 2 heteroatoms. The van der Waals surface area contributed by atoms with E-state index in [1.54, 1.807) is 7.05 Å². The first kappa shape index (κ1) is 25.9. The van der Waals surface area contributed by atoms with Crippen molar-refractivity contribution in [1.82, 2.24) is 5.06 Å². The summed E-state index contributed by atoms with van der Waals surface area (Å²) in [6.07, 6.45) is 26.8. The van der Waals surface area contributed by atoms with Gasteiger partial charge in [0.2, 0.25) is 0 Å². The molecule has 0 saturated carbocycles. The summed E-state index contributed by atoms with van der Waals surface area (Å²) >= 11 is 0. The fourth-order valence-corrected chi connectivity index (χ4v) is 3.89. The van der Waals surface area contributed by atoms with E-state index in [1.807, 2.05) is 0 Å². The zero-order valence-electron chi connectivity index (χ0n) is 18.6. The van der Waals surface area contributed by atoms with E-state index in [0.717, 1.165) is 12.8 Å². The van der Waals surface area contributed by atoms with Crippen molar-refractivity contribution in [3.05, 3.63) is 5.21 Å². The van der Waals surface area contributed by atoms with Gasteiger partial charge >= 0.3 is 0 Å². The Balaban J connectivity index is 3.45. The molecule has 0 aliphatic rings. The van der Waals surface area contributed by atoms with Crippen LogP contribution in [0.15, 0.2) is 0 Å². The molecule has 158 valence electrons. The largest absolute Gasteiger partial charge is 0.785 e. The Morgan fingerprint density at radius 2 is 0.769 bits per heavy atom. The second-order valence-corrected chi connectivity index (χ2v) is 8.43. The van der Waals surface area contributed by atoms with Crippen molar-refractivity contribution in [2.45, 2.75) is 148 Å². The van der Waals surface area contributed by atoms with Crippen LogP contribution in [0.3, 0.4) is 0 Å². The minimum Gasteiger partial charge on any atom is -0.785 e. The van der Waals surface area contributed by atoms with E-state index >= 15 is 0 Å². The topological polar surface area (TPSA) is 26.3 Å². The molecule has 0 aromatic heterocycles. The van der Waals surface area contributed by atoms with Crippen molar-refractivity contribution >= 4 is 0 Å². The number of hydrogen-bond acceptors (Lipinski definition) is 2. The lowest BCUT2D eigenvalue weighted by atomic mass is 9.99. The maximum Gasteiger partial charge on any atom is -0.00282 e. The van der Waals surface area contributed by atoms with Crippen LogP contribution in [0.1, 0.15) is 142 Å². The zero-order chi connectivity index (χ0) is 19.3. The molecular formula is C24H50NO-. The van der Waals surface area contributed by atoms with Crippen molar-refractivity contribution in [2.75, 3.05) is 7.05 Å². The number of hydroxylamine groups is 2. The molecule has 0 spiro atoms. The molecule has 0 unspecified atom stereocenters. The first-order valence-corrected chi connectivity index (χ1v) is 12.1. The fourth-order valence-electron chi connectivity index (χ4n) is 3.89. The number of unbranched alkanes of at least 4 members (excludes halogenated alkanes) is 16. The van der Waals surface area contributed by atoms with Gasteiger partial charge in [-0.05, 0) is 25.9 Å². The maximum absolute atomic E-state index is 11.8. The van der Waals surface area contributed by atoms with Gasteiger partial charge in [-0.1, -0.05) is 129 Å². The molecular weight excluding hydrogens is 318 g/mol. The Hall–Kier alpha value is -0.0800. The highest BCUT2D eigenvalue weighted by Gasteiger charge is 2.07. The highest BCUT2D eigenvalue weighted by atomic mass is 16.5. The van der Waals surface area contributed by atoms with E-state index in [-0.39, 0.29) is 6.04 Å². The van der Waals surface area contributed by atoms with Gasteiger partial charge in [0.1, 0.15) is 0 Å². The van der Waals surface area contributed by atoms with Gasteiger partial charge in [0.25, 0.3) is 0 Å². The Morgan fingerprint density at radius 1 is 0.500 bits per heavy atom. The van der Waals surface area contributed by atoms with Gasteiger partial charge in [-0.2, -0.15) is 0 Å². The molecule has 0 bridgehead atoms. The molecule has 26 heavy (non-hydrogen) atoms. The summed E-state index contributed by atoms with van der Waals surface area (Å²) in [6.45, 7) is 4.55. The highest BCUT2D eigenvalue weighted by Crippen LogP contribution is 2.18. The summed E-state index contributed by atoms with van der Waals surface area (Å²) in [6, 6.07) is 0.268. The van der Waals surface area contributed by atoms with Crippen LogP contribution in [0.5, 0.6) is 0 Å². The molecule has 0 rings (SSSR count). The zero-order valence-corrected chi connectivity index (χ0v) is 18.6. The number of rotatable bonds is 21. The first-order valence-electron chi connectivity index (χ1n) is 12.1. The number of nitrogens with zero attached hydrogens (tertiary/aromatic N) is 1. The minimum atomic E-state index is 0.268. The predicted molar refractivity (Wildman–Crippen MR) is 119 cm³/mol. The summed E-state index contributed by atoms with van der Waals surface area (Å²) in [5.74, 6) is 0. The van der Waals surface area contributed by atoms with E-state index in [0.29, 0.717) is 0 Å². The van der Waals surface area contributed by atoms with Crippen molar-refractivity contribution in [3.8, 4) is 0 Å². The van der Waals surface area contributed by atoms with Gasteiger partial charge in [-0.25, -0.2) is 0 Å². The standard InChI is InChI=1S/C24H50NO/c1-4-6-8-10-12-14-16-18-20-22-24(25(3)26)23-21-19-17-15-13-11-9-7-5-2/h24H,4-23H2,1-3H3/q-1. The summed E-state index contributed by atoms with van der Waals surface area (Å²) < 4.78 is 0. The van der Waals surface area contributed by atoms with Crippen molar-refractivity contribution in [2.24, 2.45) is 0 Å². The van der Waals surface area contributed by atoms with Crippen LogP contribution < -0.4 is 0 Å². The first-order chi connectivity index (χ1) is 12.7. The molecule has 2 nitrogen and oxygen atoms in total. The molecule has 0 radical (unpaired) electrons. The van der Waals surface area contributed by atoms with Crippen LogP contribution in [0, 0.1) is 5.21 Å². The SMILES string of the molecule is CCCCCCCCCCCC(CCCCCCCCCCC)N(C)[O-]. The van der Waals surface area contributed by atoms with Crippen molar-refractivity contribution in [3.63, 3.8) is 0 Å². The highest BCUT2D eigenvalue weighted by molar-refractivity contribution is 4.69. The average molecular weight is 369 g/mol. The third-order valence-corrected chi connectivity index (χ3v) is 5.80. The molecule has 0 aromatic carbocycles. The van der Waals surface area contributed by atoms with Crippen LogP contribution in [0.25, 0.3) is 0 Å². The molecule has 0 aromatic rings. The predicted octanol–water partition coefficient (Wildman–Crippen LogP) is 8.63. The average Bonchev–Trinajstić information content (AvgIpc) is 2.63. The Morgan fingerprint density at radius 3 is 1.04 bits per heavy atom. The second kappa shape index (κ2) is 21.2. The molecule has 0 atom stereocenters. The fraction of sp³-hybridized carbons (Fsp3) is 1.00. The Bertz CT molecular complexity index is 233. The smallest absolute Gasteiger partial charge is 0.00282 e. The van der Waals surface area contributed by atoms with Gasteiger partial charge in [0, 0.05) is 0 Å². The van der Waals surface area contributed by atoms with Crippen LogP contribution in [-0.4, -0.2) is 18.2 Å². The number of hydrogen-bond donors (Lipinski definition) is 0. The third-order valence-electron chi connectivity index (χ3n) is 5.80. The quantitative estimate of drug-likeness (QED) is 0.150. The van der Waals surface area contributed by atoms with Crippen LogP contribution in [0.2, 0.25) is 0 Å². The van der Waals surface area contributed by atoms with Gasteiger partial charge < -0.3 is 10.3 Å². The van der Waals surface area contributed by atoms with Crippen molar-refractivity contribution in [1.29, 1.82) is 0 Å². The molecule has 0 N–H and O–H groups in total. The Labute approximate surface area is 166 Å². The molecule has 0 aliphatic heterocycles. The molecule has 0 heterocycles. The van der Waals surface area contributed by atoms with E-state index in [2.05, 4.69) is 13.8 Å². The second-order valence-electron chi connectivity index (χ2n) is 8.43. The summed E-state index contributed by atoms with van der Waals surface area (Å²) in [4.78, 5) is 0. The van der Waals surface area contributed by atoms with E-state index in [1.165, 1.54) is 121 Å². The minimum absolute atomic E-state index is 0.268. The lowest BCUT2D eigenvalue weighted by Crippen LogP contribution is -2.26. The van der Waals surface area contributed by atoms with Gasteiger partial charge in [-0.3, -0.25) is 0 Å².